The maximum atomic E-state index is 13.7. The smallest absolute Gasteiger partial charge is 0.223 e. The zero-order valence-corrected chi connectivity index (χ0v) is 14.6. The predicted molar refractivity (Wildman–Crippen MR) is 91.1 cm³/mol. The molecule has 1 atom stereocenters. The Bertz CT molecular complexity index is 772. The number of carbonyl (C=O) groups is 1. The van der Waals surface area contributed by atoms with Crippen molar-refractivity contribution in [2.75, 3.05) is 6.54 Å². The molecule has 0 saturated carbocycles. The maximum absolute atomic E-state index is 13.7. The number of amides is 1. The second-order valence-electron chi connectivity index (χ2n) is 6.73. The minimum Gasteiger partial charge on any atom is -0.338 e. The van der Waals surface area contributed by atoms with E-state index in [4.69, 9.17) is 0 Å². The van der Waals surface area contributed by atoms with E-state index in [2.05, 4.69) is 5.10 Å². The summed E-state index contributed by atoms with van der Waals surface area (Å²) < 4.78 is 28.9. The molecule has 0 bridgehead atoms. The highest BCUT2D eigenvalue weighted by Crippen LogP contribution is 2.22. The summed E-state index contributed by atoms with van der Waals surface area (Å²) in [5.74, 6) is -0.949. The van der Waals surface area contributed by atoms with E-state index in [0.717, 1.165) is 36.4 Å². The van der Waals surface area contributed by atoms with E-state index in [1.165, 1.54) is 6.07 Å². The van der Waals surface area contributed by atoms with E-state index >= 15 is 0 Å². The average Bonchev–Trinajstić information content (AvgIpc) is 3.15. The molecule has 25 heavy (non-hydrogen) atoms. The van der Waals surface area contributed by atoms with Gasteiger partial charge in [0, 0.05) is 18.7 Å². The largest absolute Gasteiger partial charge is 0.338 e. The van der Waals surface area contributed by atoms with E-state index in [1.54, 1.807) is 0 Å². The summed E-state index contributed by atoms with van der Waals surface area (Å²) in [7, 11) is 0. The van der Waals surface area contributed by atoms with Crippen molar-refractivity contribution in [2.45, 2.75) is 52.1 Å². The van der Waals surface area contributed by atoms with Gasteiger partial charge >= 0.3 is 0 Å². The highest BCUT2D eigenvalue weighted by Gasteiger charge is 2.29. The molecular formula is C19H23F2N3O. The fourth-order valence-corrected chi connectivity index (χ4v) is 3.53. The van der Waals surface area contributed by atoms with Gasteiger partial charge in [0.15, 0.2) is 0 Å². The lowest BCUT2D eigenvalue weighted by atomic mass is 10.1. The van der Waals surface area contributed by atoms with Crippen LogP contribution in [0.5, 0.6) is 0 Å². The van der Waals surface area contributed by atoms with Crippen molar-refractivity contribution in [1.82, 2.24) is 14.7 Å². The maximum Gasteiger partial charge on any atom is 0.223 e. The van der Waals surface area contributed by atoms with Crippen molar-refractivity contribution < 1.29 is 13.6 Å². The Labute approximate surface area is 146 Å². The fraction of sp³-hybridized carbons (Fsp3) is 0.474. The van der Waals surface area contributed by atoms with Crippen LogP contribution in [0.3, 0.4) is 0 Å². The first-order valence-corrected chi connectivity index (χ1v) is 8.68. The molecule has 2 aromatic rings. The molecular weight excluding hydrogens is 324 g/mol. The predicted octanol–water partition coefficient (Wildman–Crippen LogP) is 3.40. The number of benzene rings is 1. The monoisotopic (exact) mass is 347 g/mol. The van der Waals surface area contributed by atoms with Gasteiger partial charge in [-0.15, -0.1) is 0 Å². The first-order chi connectivity index (χ1) is 11.9. The van der Waals surface area contributed by atoms with Gasteiger partial charge in [0.2, 0.25) is 5.91 Å². The van der Waals surface area contributed by atoms with Crippen LogP contribution in [0.1, 0.15) is 36.2 Å². The normalized spacial score (nSPS) is 17.3. The molecule has 1 aromatic heterocycles. The van der Waals surface area contributed by atoms with E-state index in [1.807, 2.05) is 29.5 Å². The quantitative estimate of drug-likeness (QED) is 0.831. The topological polar surface area (TPSA) is 38.1 Å². The number of nitrogens with zero attached hydrogens (tertiary/aromatic N) is 3. The van der Waals surface area contributed by atoms with Crippen molar-refractivity contribution in [3.63, 3.8) is 0 Å². The first kappa shape index (κ1) is 17.6. The molecule has 0 radical (unpaired) electrons. The summed E-state index contributed by atoms with van der Waals surface area (Å²) in [6.07, 6.45) is 2.31. The van der Waals surface area contributed by atoms with Crippen LogP contribution < -0.4 is 0 Å². The lowest BCUT2D eigenvalue weighted by molar-refractivity contribution is -0.132. The molecule has 1 aliphatic rings. The van der Waals surface area contributed by atoms with Crippen LogP contribution in [0, 0.1) is 25.5 Å². The zero-order valence-electron chi connectivity index (χ0n) is 14.6. The van der Waals surface area contributed by atoms with Crippen LogP contribution in [0.4, 0.5) is 8.78 Å². The molecule has 6 heteroatoms. The van der Waals surface area contributed by atoms with Crippen LogP contribution in [-0.2, 0) is 17.8 Å². The van der Waals surface area contributed by atoms with Crippen LogP contribution in [0.2, 0.25) is 0 Å². The van der Waals surface area contributed by atoms with Gasteiger partial charge in [-0.3, -0.25) is 9.48 Å². The third-order valence-corrected chi connectivity index (χ3v) is 4.80. The van der Waals surface area contributed by atoms with E-state index in [-0.39, 0.29) is 30.4 Å². The third kappa shape index (κ3) is 4.06. The Hall–Kier alpha value is -2.24. The minimum atomic E-state index is -0.479. The molecule has 0 N–H and O–H groups in total. The summed E-state index contributed by atoms with van der Waals surface area (Å²) in [6.45, 7) is 5.36. The van der Waals surface area contributed by atoms with Crippen LogP contribution >= 0.6 is 0 Å². The summed E-state index contributed by atoms with van der Waals surface area (Å²) in [6, 6.07) is 5.50. The number of aromatic nitrogens is 2. The van der Waals surface area contributed by atoms with E-state index in [9.17, 15) is 13.6 Å². The van der Waals surface area contributed by atoms with Crippen LogP contribution in [-0.4, -0.2) is 33.2 Å². The number of aryl methyl sites for hydroxylation is 3. The van der Waals surface area contributed by atoms with Gasteiger partial charge in [0.1, 0.15) is 11.6 Å². The van der Waals surface area contributed by atoms with Gasteiger partial charge < -0.3 is 4.90 Å². The Morgan fingerprint density at radius 1 is 1.28 bits per heavy atom. The van der Waals surface area contributed by atoms with E-state index < -0.39 is 11.6 Å². The minimum absolute atomic E-state index is 0.00677. The second-order valence-corrected chi connectivity index (χ2v) is 6.73. The molecule has 1 saturated heterocycles. The number of likely N-dealkylation sites (tertiary alicyclic amines) is 1. The zero-order chi connectivity index (χ0) is 18.0. The summed E-state index contributed by atoms with van der Waals surface area (Å²) >= 11 is 0. The molecule has 0 spiro atoms. The first-order valence-electron chi connectivity index (χ1n) is 8.68. The van der Waals surface area contributed by atoms with Crippen LogP contribution in [0.25, 0.3) is 0 Å². The fourth-order valence-electron chi connectivity index (χ4n) is 3.53. The Morgan fingerprint density at radius 3 is 2.80 bits per heavy atom. The summed E-state index contributed by atoms with van der Waals surface area (Å²) in [4.78, 5) is 14.5. The molecule has 3 rings (SSSR count). The number of hydrogen-bond donors (Lipinski definition) is 0. The van der Waals surface area contributed by atoms with Gasteiger partial charge in [-0.25, -0.2) is 8.78 Å². The molecule has 1 fully saturated rings. The number of rotatable bonds is 5. The highest BCUT2D eigenvalue weighted by molar-refractivity contribution is 5.77. The third-order valence-electron chi connectivity index (χ3n) is 4.80. The molecule has 0 aliphatic carbocycles. The van der Waals surface area contributed by atoms with Crippen molar-refractivity contribution >= 4 is 5.91 Å². The lowest BCUT2D eigenvalue weighted by Gasteiger charge is -2.25. The molecule has 4 nitrogen and oxygen atoms in total. The highest BCUT2D eigenvalue weighted by atomic mass is 19.1. The van der Waals surface area contributed by atoms with Gasteiger partial charge in [-0.1, -0.05) is 0 Å². The number of hydrogen-bond acceptors (Lipinski definition) is 2. The van der Waals surface area contributed by atoms with Crippen molar-refractivity contribution in [3.05, 3.63) is 52.9 Å². The SMILES string of the molecule is Cc1cc(C)n(C[C@@H]2CCCN2C(=O)CCc2cc(F)ccc2F)n1. The second kappa shape index (κ2) is 7.33. The standard InChI is InChI=1S/C19H23F2N3O/c1-13-10-14(2)24(22-13)12-17-4-3-9-23(17)19(25)8-5-15-11-16(20)6-7-18(15)21/h6-7,10-11,17H,3-5,8-9,12H2,1-2H3/t17-/m0/s1. The van der Waals surface area contributed by atoms with Crippen LogP contribution in [0.15, 0.2) is 24.3 Å². The van der Waals surface area contributed by atoms with Gasteiger partial charge in [0.25, 0.3) is 0 Å². The number of carbonyl (C=O) groups excluding carboxylic acids is 1. The molecule has 1 aromatic carbocycles. The van der Waals surface area contributed by atoms with Crippen molar-refractivity contribution in [3.8, 4) is 0 Å². The van der Waals surface area contributed by atoms with Gasteiger partial charge in [-0.2, -0.15) is 5.10 Å². The summed E-state index contributed by atoms with van der Waals surface area (Å²) in [5.41, 5.74) is 2.30. The van der Waals surface area contributed by atoms with Crippen molar-refractivity contribution in [2.24, 2.45) is 0 Å². The lowest BCUT2D eigenvalue weighted by Crippen LogP contribution is -2.38. The number of halogens is 2. The Balaban J connectivity index is 1.62. The average molecular weight is 347 g/mol. The molecule has 1 aliphatic heterocycles. The van der Waals surface area contributed by atoms with E-state index in [0.29, 0.717) is 13.1 Å². The molecule has 1 amide bonds. The van der Waals surface area contributed by atoms with Crippen molar-refractivity contribution in [1.29, 1.82) is 0 Å². The van der Waals surface area contributed by atoms with Gasteiger partial charge in [-0.05, 0) is 62.9 Å². The van der Waals surface area contributed by atoms with Gasteiger partial charge in [0.05, 0.1) is 18.3 Å². The molecule has 2 heterocycles. The summed E-state index contributed by atoms with van der Waals surface area (Å²) in [5, 5.41) is 4.47. The Morgan fingerprint density at radius 2 is 2.08 bits per heavy atom. The Kier molecular flexibility index (Phi) is 5.16. The molecule has 0 unspecified atom stereocenters. The molecule has 134 valence electrons.